The number of amides is 1. The van der Waals surface area contributed by atoms with Crippen LogP contribution in [0.1, 0.15) is 18.4 Å². The zero-order valence-corrected chi connectivity index (χ0v) is 19.2. The summed E-state index contributed by atoms with van der Waals surface area (Å²) in [4.78, 5) is 17.8. The highest BCUT2D eigenvalue weighted by Gasteiger charge is 2.32. The number of sulfonamides is 1. The van der Waals surface area contributed by atoms with Crippen molar-refractivity contribution < 1.29 is 13.2 Å². The summed E-state index contributed by atoms with van der Waals surface area (Å²) in [5.74, 6) is -0.455. The molecule has 0 aliphatic carbocycles. The highest BCUT2D eigenvalue weighted by atomic mass is 35.5. The van der Waals surface area contributed by atoms with Gasteiger partial charge in [-0.2, -0.15) is 9.30 Å². The third-order valence-corrected chi connectivity index (χ3v) is 9.72. The predicted molar refractivity (Wildman–Crippen MR) is 117 cm³/mol. The van der Waals surface area contributed by atoms with Crippen molar-refractivity contribution in [2.75, 3.05) is 13.1 Å². The van der Waals surface area contributed by atoms with Gasteiger partial charge in [0.15, 0.2) is 4.80 Å². The number of hydrogen-bond donors (Lipinski definition) is 0. The van der Waals surface area contributed by atoms with E-state index in [0.29, 0.717) is 40.0 Å². The number of thiazole rings is 1. The number of benzene rings is 1. The molecule has 4 rings (SSSR count). The smallest absolute Gasteiger partial charge is 0.252 e. The molecule has 1 aliphatic heterocycles. The molecule has 0 spiro atoms. The van der Waals surface area contributed by atoms with E-state index >= 15 is 0 Å². The lowest BCUT2D eigenvalue weighted by Crippen LogP contribution is -2.40. The fourth-order valence-corrected chi connectivity index (χ4v) is 7.73. The average Bonchev–Trinajstić information content (AvgIpc) is 3.31. The largest absolute Gasteiger partial charge is 0.319 e. The second-order valence-corrected chi connectivity index (χ2v) is 11.6. The molecule has 0 atom stereocenters. The molecule has 29 heavy (non-hydrogen) atoms. The Balaban J connectivity index is 1.53. The molecule has 0 saturated carbocycles. The van der Waals surface area contributed by atoms with Crippen molar-refractivity contribution in [2.45, 2.75) is 24.0 Å². The SMILES string of the molecule is Cc1cc(Cl)cc2sc(=NC(=O)C3CCN(S(=O)(=O)c4cccs4)CC3)n(C)c12. The Morgan fingerprint density at radius 1 is 1.28 bits per heavy atom. The van der Waals surface area contributed by atoms with Gasteiger partial charge in [-0.15, -0.1) is 11.3 Å². The highest BCUT2D eigenvalue weighted by Crippen LogP contribution is 2.28. The second-order valence-electron chi connectivity index (χ2n) is 7.07. The third kappa shape index (κ3) is 3.94. The van der Waals surface area contributed by atoms with Crippen molar-refractivity contribution in [3.8, 4) is 0 Å². The monoisotopic (exact) mass is 469 g/mol. The van der Waals surface area contributed by atoms with E-state index in [1.165, 1.54) is 27.0 Å². The quantitative estimate of drug-likeness (QED) is 0.585. The summed E-state index contributed by atoms with van der Waals surface area (Å²) in [6.45, 7) is 2.65. The molecule has 0 bridgehead atoms. The zero-order chi connectivity index (χ0) is 20.8. The summed E-state index contributed by atoms with van der Waals surface area (Å²) in [5.41, 5.74) is 2.05. The van der Waals surface area contributed by atoms with Gasteiger partial charge in [0.1, 0.15) is 4.21 Å². The lowest BCUT2D eigenvalue weighted by molar-refractivity contribution is -0.122. The van der Waals surface area contributed by atoms with Crippen molar-refractivity contribution in [1.29, 1.82) is 0 Å². The molecule has 1 saturated heterocycles. The lowest BCUT2D eigenvalue weighted by atomic mass is 9.98. The first-order valence-electron chi connectivity index (χ1n) is 9.15. The van der Waals surface area contributed by atoms with Crippen LogP contribution < -0.4 is 4.80 Å². The van der Waals surface area contributed by atoms with Gasteiger partial charge in [-0.3, -0.25) is 4.79 Å². The number of hydrogen-bond acceptors (Lipinski definition) is 5. The van der Waals surface area contributed by atoms with Gasteiger partial charge in [0.25, 0.3) is 15.9 Å². The van der Waals surface area contributed by atoms with Gasteiger partial charge in [-0.1, -0.05) is 29.0 Å². The van der Waals surface area contributed by atoms with E-state index in [-0.39, 0.29) is 11.8 Å². The maximum atomic E-state index is 12.8. The van der Waals surface area contributed by atoms with E-state index in [4.69, 9.17) is 11.6 Å². The number of piperidine rings is 1. The van der Waals surface area contributed by atoms with Crippen molar-refractivity contribution in [3.63, 3.8) is 0 Å². The molecule has 154 valence electrons. The summed E-state index contributed by atoms with van der Waals surface area (Å²) in [6.07, 6.45) is 0.957. The molecule has 0 N–H and O–H groups in total. The molecule has 0 radical (unpaired) electrons. The molecule has 1 aliphatic rings. The molecule has 1 amide bonds. The standard InChI is InChI=1S/C19H20ClN3O3S3/c1-12-10-14(20)11-15-17(12)22(2)19(28-15)21-18(24)13-5-7-23(8-6-13)29(25,26)16-4-3-9-27-16/h3-4,9-11,13H,5-8H2,1-2H3. The van der Waals surface area contributed by atoms with Gasteiger partial charge in [-0.05, 0) is 48.9 Å². The molecule has 10 heteroatoms. The van der Waals surface area contributed by atoms with Gasteiger partial charge in [-0.25, -0.2) is 8.42 Å². The normalized spacial score (nSPS) is 17.3. The average molecular weight is 470 g/mol. The molecule has 6 nitrogen and oxygen atoms in total. The van der Waals surface area contributed by atoms with Crippen LogP contribution in [0.4, 0.5) is 0 Å². The van der Waals surface area contributed by atoms with Crippen molar-refractivity contribution in [3.05, 3.63) is 45.0 Å². The maximum Gasteiger partial charge on any atom is 0.252 e. The van der Waals surface area contributed by atoms with Gasteiger partial charge >= 0.3 is 0 Å². The van der Waals surface area contributed by atoms with E-state index in [9.17, 15) is 13.2 Å². The number of aryl methyl sites for hydroxylation is 2. The van der Waals surface area contributed by atoms with Crippen LogP contribution in [0.5, 0.6) is 0 Å². The molecule has 3 heterocycles. The number of thiophene rings is 1. The topological polar surface area (TPSA) is 71.7 Å². The minimum absolute atomic E-state index is 0.191. The number of carbonyl (C=O) groups is 1. The van der Waals surface area contributed by atoms with Crippen LogP contribution in [-0.2, 0) is 21.9 Å². The molecule has 0 unspecified atom stereocenters. The van der Waals surface area contributed by atoms with Crippen molar-refractivity contribution in [1.82, 2.24) is 8.87 Å². The Morgan fingerprint density at radius 2 is 2.00 bits per heavy atom. The van der Waals surface area contributed by atoms with Crippen LogP contribution in [0.15, 0.2) is 38.8 Å². The molecular weight excluding hydrogens is 450 g/mol. The number of rotatable bonds is 3. The third-order valence-electron chi connectivity index (χ3n) is 5.15. The van der Waals surface area contributed by atoms with Crippen LogP contribution in [-0.4, -0.2) is 36.3 Å². The van der Waals surface area contributed by atoms with Crippen molar-refractivity contribution >= 4 is 60.4 Å². The maximum absolute atomic E-state index is 12.8. The number of carbonyl (C=O) groups excluding carboxylic acids is 1. The number of aromatic nitrogens is 1. The van der Waals surface area contributed by atoms with Gasteiger partial charge < -0.3 is 4.57 Å². The van der Waals surface area contributed by atoms with E-state index in [2.05, 4.69) is 4.99 Å². The summed E-state index contributed by atoms with van der Waals surface area (Å²) < 4.78 is 30.0. The van der Waals surface area contributed by atoms with Crippen molar-refractivity contribution in [2.24, 2.45) is 18.0 Å². The Hall–Kier alpha value is -1.52. The van der Waals surface area contributed by atoms with Crippen LogP contribution in [0, 0.1) is 12.8 Å². The Labute approximate surface area is 182 Å². The first-order valence-corrected chi connectivity index (χ1v) is 12.7. The van der Waals surface area contributed by atoms with Gasteiger partial charge in [0.05, 0.1) is 10.2 Å². The summed E-state index contributed by atoms with van der Waals surface area (Å²) in [7, 11) is -1.57. The molecule has 2 aromatic heterocycles. The summed E-state index contributed by atoms with van der Waals surface area (Å²) in [5, 5.41) is 2.41. The van der Waals surface area contributed by atoms with Gasteiger partial charge in [0, 0.05) is 31.1 Å². The molecule has 1 fully saturated rings. The zero-order valence-electron chi connectivity index (χ0n) is 16.0. The number of nitrogens with zero attached hydrogens (tertiary/aromatic N) is 3. The highest BCUT2D eigenvalue weighted by molar-refractivity contribution is 7.91. The first-order chi connectivity index (χ1) is 13.8. The number of fused-ring (bicyclic) bond motifs is 1. The van der Waals surface area contributed by atoms with Crippen LogP contribution in [0.25, 0.3) is 10.2 Å². The van der Waals surface area contributed by atoms with Crippen LogP contribution >= 0.6 is 34.3 Å². The number of halogens is 1. The Bertz CT molecular complexity index is 1230. The fourth-order valence-electron chi connectivity index (χ4n) is 3.64. The van der Waals surface area contributed by atoms with Crippen LogP contribution in [0.3, 0.4) is 0 Å². The predicted octanol–water partition coefficient (Wildman–Crippen LogP) is 3.79. The lowest BCUT2D eigenvalue weighted by Gasteiger charge is -2.29. The molecule has 1 aromatic carbocycles. The second kappa shape index (κ2) is 7.96. The van der Waals surface area contributed by atoms with E-state index < -0.39 is 10.0 Å². The Morgan fingerprint density at radius 3 is 2.66 bits per heavy atom. The Kier molecular flexibility index (Phi) is 5.69. The van der Waals surface area contributed by atoms with E-state index in [1.54, 1.807) is 17.5 Å². The minimum Gasteiger partial charge on any atom is -0.319 e. The van der Waals surface area contributed by atoms with E-state index in [0.717, 1.165) is 15.8 Å². The molecular formula is C19H20ClN3O3S3. The summed E-state index contributed by atoms with van der Waals surface area (Å²) in [6, 6.07) is 7.12. The minimum atomic E-state index is -3.46. The molecule has 3 aromatic rings. The summed E-state index contributed by atoms with van der Waals surface area (Å²) >= 11 is 8.79. The van der Waals surface area contributed by atoms with Gasteiger partial charge in [0.2, 0.25) is 0 Å². The fraction of sp³-hybridized carbons (Fsp3) is 0.368. The first kappa shape index (κ1) is 20.7. The van der Waals surface area contributed by atoms with Crippen LogP contribution in [0.2, 0.25) is 5.02 Å². The van der Waals surface area contributed by atoms with E-state index in [1.807, 2.05) is 30.7 Å².